The Bertz CT molecular complexity index is 128. The highest BCUT2D eigenvalue weighted by Gasteiger charge is 2.28. The maximum absolute atomic E-state index is 5.61. The molecule has 0 saturated carbocycles. The Morgan fingerprint density at radius 1 is 1.50 bits per heavy atom. The van der Waals surface area contributed by atoms with Gasteiger partial charge in [0.05, 0.1) is 0 Å². The average Bonchev–Trinajstić information content (AvgIpc) is 2.06. The summed E-state index contributed by atoms with van der Waals surface area (Å²) in [5.74, 6) is 0. The van der Waals surface area contributed by atoms with Crippen LogP contribution in [-0.4, -0.2) is 22.3 Å². The normalized spacial score (nSPS) is 15.6. The zero-order valence-electron chi connectivity index (χ0n) is 8.43. The fourth-order valence-electron chi connectivity index (χ4n) is 1.11. The van der Waals surface area contributed by atoms with E-state index in [-0.39, 0.29) is 0 Å². The zero-order valence-corrected chi connectivity index (χ0v) is 9.43. The van der Waals surface area contributed by atoms with Gasteiger partial charge in [0.2, 0.25) is 0 Å². The second-order valence-electron chi connectivity index (χ2n) is 2.95. The lowest BCUT2D eigenvalue weighted by molar-refractivity contribution is 0.214. The Morgan fingerprint density at radius 3 is 2.58 bits per heavy atom. The summed E-state index contributed by atoms with van der Waals surface area (Å²) >= 11 is 0. The molecular formula is C9H20O2Si. The first-order valence-corrected chi connectivity index (χ1v) is 7.01. The molecule has 1 unspecified atom stereocenters. The summed E-state index contributed by atoms with van der Waals surface area (Å²) in [7, 11) is -0.0626. The van der Waals surface area contributed by atoms with E-state index in [1.165, 1.54) is 0 Å². The molecule has 0 rings (SSSR count). The molecule has 0 aromatic carbocycles. The summed E-state index contributed by atoms with van der Waals surface area (Å²) in [4.78, 5) is 0. The second kappa shape index (κ2) is 6.40. The Labute approximate surface area is 76.8 Å². The highest BCUT2D eigenvalue weighted by molar-refractivity contribution is 6.65. The lowest BCUT2D eigenvalue weighted by Crippen LogP contribution is -2.37. The number of hydrogen-bond donors (Lipinski definition) is 0. The third kappa shape index (κ3) is 4.69. The summed E-state index contributed by atoms with van der Waals surface area (Å²) < 4.78 is 11.0. The Morgan fingerprint density at radius 2 is 2.17 bits per heavy atom. The summed E-state index contributed by atoms with van der Waals surface area (Å²) in [6, 6.07) is 1.06. The summed E-state index contributed by atoms with van der Waals surface area (Å²) in [6.45, 7) is 8.56. The Balaban J connectivity index is 3.70. The van der Waals surface area contributed by atoms with Gasteiger partial charge in [-0.2, -0.15) is 0 Å². The molecule has 0 amide bonds. The van der Waals surface area contributed by atoms with Crippen molar-refractivity contribution in [3.05, 3.63) is 12.7 Å². The van der Waals surface area contributed by atoms with E-state index in [0.717, 1.165) is 25.5 Å². The van der Waals surface area contributed by atoms with E-state index in [2.05, 4.69) is 13.1 Å². The van der Waals surface area contributed by atoms with E-state index in [9.17, 15) is 0 Å². The van der Waals surface area contributed by atoms with Crippen LogP contribution in [0.25, 0.3) is 0 Å². The average molecular weight is 188 g/mol. The second-order valence-corrected chi connectivity index (χ2v) is 6.42. The molecule has 0 aromatic rings. The third-order valence-electron chi connectivity index (χ3n) is 1.92. The smallest absolute Gasteiger partial charge is 0.334 e. The molecule has 1 atom stereocenters. The Kier molecular flexibility index (Phi) is 6.33. The highest BCUT2D eigenvalue weighted by atomic mass is 28.4. The minimum Gasteiger partial charge on any atom is -0.398 e. The molecule has 72 valence electrons. The minimum atomic E-state index is -1.81. The van der Waals surface area contributed by atoms with Gasteiger partial charge in [-0.3, -0.25) is 0 Å². The van der Waals surface area contributed by atoms with Gasteiger partial charge in [0.25, 0.3) is 0 Å². The van der Waals surface area contributed by atoms with Crippen molar-refractivity contribution in [2.24, 2.45) is 0 Å². The van der Waals surface area contributed by atoms with Gasteiger partial charge in [0.15, 0.2) is 0 Å². The molecule has 0 N–H and O–H groups in total. The van der Waals surface area contributed by atoms with Crippen LogP contribution in [-0.2, 0) is 8.85 Å². The van der Waals surface area contributed by atoms with Gasteiger partial charge in [-0.25, -0.2) is 0 Å². The first kappa shape index (κ1) is 11.9. The van der Waals surface area contributed by atoms with E-state index in [4.69, 9.17) is 8.85 Å². The predicted octanol–water partition coefficient (Wildman–Crippen LogP) is 2.71. The quantitative estimate of drug-likeness (QED) is 0.347. The molecule has 3 heteroatoms. The van der Waals surface area contributed by atoms with Crippen LogP contribution in [0.4, 0.5) is 0 Å². The Hall–Kier alpha value is -0.123. The largest absolute Gasteiger partial charge is 0.398 e. The van der Waals surface area contributed by atoms with Crippen molar-refractivity contribution >= 4 is 8.56 Å². The molecule has 0 aliphatic heterocycles. The highest BCUT2D eigenvalue weighted by Crippen LogP contribution is 2.15. The van der Waals surface area contributed by atoms with E-state index >= 15 is 0 Å². The molecule has 0 spiro atoms. The topological polar surface area (TPSA) is 18.5 Å². The first-order chi connectivity index (χ1) is 5.68. The van der Waals surface area contributed by atoms with Crippen LogP contribution in [0.3, 0.4) is 0 Å². The molecule has 0 bridgehead atoms. The molecule has 0 aliphatic rings. The molecule has 0 saturated heterocycles. The van der Waals surface area contributed by atoms with Gasteiger partial charge in [0, 0.05) is 13.7 Å². The van der Waals surface area contributed by atoms with Crippen molar-refractivity contribution in [3.8, 4) is 0 Å². The minimum absolute atomic E-state index is 0.755. The number of unbranched alkanes of at least 4 members (excludes halogenated alkanes) is 1. The number of hydrogen-bond acceptors (Lipinski definition) is 2. The van der Waals surface area contributed by atoms with E-state index in [0.29, 0.717) is 0 Å². The maximum Gasteiger partial charge on any atom is 0.334 e. The van der Waals surface area contributed by atoms with Crippen LogP contribution in [0.15, 0.2) is 12.7 Å². The van der Waals surface area contributed by atoms with Crippen LogP contribution in [0.1, 0.15) is 19.8 Å². The summed E-state index contributed by atoms with van der Waals surface area (Å²) in [6.07, 6.45) is 4.12. The van der Waals surface area contributed by atoms with Gasteiger partial charge >= 0.3 is 8.56 Å². The monoisotopic (exact) mass is 188 g/mol. The van der Waals surface area contributed by atoms with Gasteiger partial charge in [-0.05, 0) is 32.4 Å². The molecule has 0 aliphatic carbocycles. The fourth-order valence-corrected chi connectivity index (χ4v) is 3.03. The standard InChI is InChI=1S/C9H20O2Si/c1-5-7-8-9-12(4,10-3)11-6-2/h5H,1,6-9H2,2-4H3. The van der Waals surface area contributed by atoms with Crippen molar-refractivity contribution in [1.29, 1.82) is 0 Å². The van der Waals surface area contributed by atoms with Gasteiger partial charge < -0.3 is 8.85 Å². The molecule has 2 nitrogen and oxygen atoms in total. The van der Waals surface area contributed by atoms with Crippen LogP contribution >= 0.6 is 0 Å². The molecule has 0 radical (unpaired) electrons. The van der Waals surface area contributed by atoms with Gasteiger partial charge in [-0.15, -0.1) is 6.58 Å². The van der Waals surface area contributed by atoms with Crippen molar-refractivity contribution in [2.45, 2.75) is 32.4 Å². The van der Waals surface area contributed by atoms with E-state index in [1.54, 1.807) is 7.11 Å². The van der Waals surface area contributed by atoms with Gasteiger partial charge in [-0.1, -0.05) is 6.08 Å². The van der Waals surface area contributed by atoms with Crippen molar-refractivity contribution < 1.29 is 8.85 Å². The fraction of sp³-hybridized carbons (Fsp3) is 0.778. The first-order valence-electron chi connectivity index (χ1n) is 4.48. The van der Waals surface area contributed by atoms with E-state index in [1.807, 2.05) is 13.0 Å². The number of rotatable bonds is 7. The molecule has 0 fully saturated rings. The molecule has 0 aromatic heterocycles. The summed E-state index contributed by atoms with van der Waals surface area (Å²) in [5.41, 5.74) is 0. The van der Waals surface area contributed by atoms with Crippen molar-refractivity contribution in [2.75, 3.05) is 13.7 Å². The van der Waals surface area contributed by atoms with Gasteiger partial charge in [0.1, 0.15) is 0 Å². The lowest BCUT2D eigenvalue weighted by atomic mass is 10.3. The predicted molar refractivity (Wildman–Crippen MR) is 54.5 cm³/mol. The van der Waals surface area contributed by atoms with E-state index < -0.39 is 8.56 Å². The SMILES string of the molecule is C=CCCC[Si](C)(OC)OCC. The van der Waals surface area contributed by atoms with Crippen molar-refractivity contribution in [1.82, 2.24) is 0 Å². The van der Waals surface area contributed by atoms with Crippen LogP contribution in [0.2, 0.25) is 12.6 Å². The third-order valence-corrected chi connectivity index (χ3v) is 4.95. The molecule has 0 heterocycles. The summed E-state index contributed by atoms with van der Waals surface area (Å²) in [5, 5.41) is 0. The zero-order chi connectivity index (χ0) is 9.45. The van der Waals surface area contributed by atoms with Crippen LogP contribution in [0.5, 0.6) is 0 Å². The molecule has 12 heavy (non-hydrogen) atoms. The lowest BCUT2D eigenvalue weighted by Gasteiger charge is -2.23. The molecular weight excluding hydrogens is 168 g/mol. The number of allylic oxidation sites excluding steroid dienone is 1. The van der Waals surface area contributed by atoms with Crippen LogP contribution < -0.4 is 0 Å². The van der Waals surface area contributed by atoms with Crippen molar-refractivity contribution in [3.63, 3.8) is 0 Å². The maximum atomic E-state index is 5.61. The van der Waals surface area contributed by atoms with Crippen LogP contribution in [0, 0.1) is 0 Å².